The molecule has 5 nitrogen and oxygen atoms in total. The van der Waals surface area contributed by atoms with Crippen LogP contribution in [0.2, 0.25) is 0 Å². The van der Waals surface area contributed by atoms with Gasteiger partial charge in [0, 0.05) is 12.8 Å². The van der Waals surface area contributed by atoms with Crippen molar-refractivity contribution in [1.82, 2.24) is 0 Å². The fourth-order valence-electron chi connectivity index (χ4n) is 2.20. The Hall–Kier alpha value is -2.82. The Bertz CT molecular complexity index is 667. The molecule has 1 N–H and O–H groups in total. The molecule has 0 saturated heterocycles. The third-order valence-electron chi connectivity index (χ3n) is 3.53. The molecule has 0 atom stereocenters. The summed E-state index contributed by atoms with van der Waals surface area (Å²) in [5.41, 5.74) is 2.17. The summed E-state index contributed by atoms with van der Waals surface area (Å²) in [7, 11) is 1.40. The minimum absolute atomic E-state index is 0.184. The average molecular weight is 358 g/mol. The lowest BCUT2D eigenvalue weighted by molar-refractivity contribution is -0.140. The van der Waals surface area contributed by atoms with Crippen molar-refractivity contribution < 1.29 is 24.2 Å². The first-order valence-electron chi connectivity index (χ1n) is 8.59. The van der Waals surface area contributed by atoms with E-state index in [0.29, 0.717) is 25.9 Å². The van der Waals surface area contributed by atoms with Gasteiger partial charge in [-0.2, -0.15) is 0 Å². The number of rotatable bonds is 8. The van der Waals surface area contributed by atoms with Gasteiger partial charge in [-0.1, -0.05) is 42.5 Å². The van der Waals surface area contributed by atoms with Gasteiger partial charge in [-0.25, -0.2) is 0 Å². The van der Waals surface area contributed by atoms with Crippen LogP contribution in [0.5, 0.6) is 5.75 Å². The van der Waals surface area contributed by atoms with Gasteiger partial charge < -0.3 is 14.6 Å². The zero-order valence-electron chi connectivity index (χ0n) is 15.3. The molecule has 140 valence electrons. The number of benzene rings is 2. The lowest BCUT2D eigenvalue weighted by Crippen LogP contribution is -2.02. The number of ether oxygens (including phenoxy) is 2. The molecular formula is C21H26O5. The van der Waals surface area contributed by atoms with Gasteiger partial charge in [0.15, 0.2) is 0 Å². The second-order valence-electron chi connectivity index (χ2n) is 5.54. The van der Waals surface area contributed by atoms with Gasteiger partial charge in [-0.15, -0.1) is 0 Å². The molecule has 0 radical (unpaired) electrons. The molecule has 26 heavy (non-hydrogen) atoms. The summed E-state index contributed by atoms with van der Waals surface area (Å²) in [4.78, 5) is 21.1. The van der Waals surface area contributed by atoms with E-state index >= 15 is 0 Å². The molecule has 0 bridgehead atoms. The first-order valence-corrected chi connectivity index (χ1v) is 8.59. The molecule has 5 heteroatoms. The second-order valence-corrected chi connectivity index (χ2v) is 5.54. The monoisotopic (exact) mass is 358 g/mol. The first kappa shape index (κ1) is 21.2. The number of carboxylic acids is 1. The predicted molar refractivity (Wildman–Crippen MR) is 100 cm³/mol. The number of carboxylic acid groups (broad SMARTS) is 1. The van der Waals surface area contributed by atoms with E-state index in [9.17, 15) is 9.59 Å². The highest BCUT2D eigenvalue weighted by atomic mass is 16.5. The average Bonchev–Trinajstić information content (AvgIpc) is 2.66. The largest absolute Gasteiger partial charge is 0.494 e. The topological polar surface area (TPSA) is 72.8 Å². The highest BCUT2D eigenvalue weighted by Crippen LogP contribution is 2.14. The van der Waals surface area contributed by atoms with E-state index < -0.39 is 5.97 Å². The summed E-state index contributed by atoms with van der Waals surface area (Å²) in [5.74, 6) is -0.0782. The van der Waals surface area contributed by atoms with E-state index in [2.05, 4.69) is 4.74 Å². The van der Waals surface area contributed by atoms with E-state index in [1.54, 1.807) is 0 Å². The maximum Gasteiger partial charge on any atom is 0.305 e. The SMILES string of the molecule is CCOc1cccc(CCC(=O)OC)c1.O=C(O)CCc1ccccc1. The normalized spacial score (nSPS) is 9.62. The molecule has 0 unspecified atom stereocenters. The molecule has 0 spiro atoms. The van der Waals surface area contributed by atoms with E-state index in [1.807, 2.05) is 61.5 Å². The van der Waals surface area contributed by atoms with Crippen LogP contribution in [0.1, 0.15) is 30.9 Å². The molecular weight excluding hydrogens is 332 g/mol. The first-order chi connectivity index (χ1) is 12.5. The number of methoxy groups -OCH3 is 1. The molecule has 2 rings (SSSR count). The Morgan fingerprint density at radius 2 is 1.58 bits per heavy atom. The van der Waals surface area contributed by atoms with Crippen molar-refractivity contribution in [2.45, 2.75) is 32.6 Å². The third-order valence-corrected chi connectivity index (χ3v) is 3.53. The Labute approximate surface area is 154 Å². The molecule has 0 saturated carbocycles. The minimum Gasteiger partial charge on any atom is -0.494 e. The number of esters is 1. The van der Waals surface area contributed by atoms with Gasteiger partial charge in [0.2, 0.25) is 0 Å². The number of hydrogen-bond acceptors (Lipinski definition) is 4. The molecule has 0 amide bonds. The summed E-state index contributed by atoms with van der Waals surface area (Å²) < 4.78 is 9.94. The summed E-state index contributed by atoms with van der Waals surface area (Å²) in [6.45, 7) is 2.60. The van der Waals surface area contributed by atoms with Crippen LogP contribution in [0.25, 0.3) is 0 Å². The molecule has 0 fully saturated rings. The molecule has 0 aliphatic heterocycles. The zero-order valence-corrected chi connectivity index (χ0v) is 15.3. The van der Waals surface area contributed by atoms with Gasteiger partial charge in [0.25, 0.3) is 0 Å². The van der Waals surface area contributed by atoms with Crippen LogP contribution in [-0.2, 0) is 27.2 Å². The number of carbonyl (C=O) groups is 2. The highest BCUT2D eigenvalue weighted by molar-refractivity contribution is 5.69. The number of aliphatic carboxylic acids is 1. The van der Waals surface area contributed by atoms with E-state index in [1.165, 1.54) is 7.11 Å². The second kappa shape index (κ2) is 12.5. The van der Waals surface area contributed by atoms with Crippen LogP contribution < -0.4 is 4.74 Å². The van der Waals surface area contributed by atoms with Crippen molar-refractivity contribution in [1.29, 1.82) is 0 Å². The highest BCUT2D eigenvalue weighted by Gasteiger charge is 2.02. The van der Waals surface area contributed by atoms with Crippen LogP contribution in [-0.4, -0.2) is 30.8 Å². The number of aryl methyl sites for hydroxylation is 2. The number of carbonyl (C=O) groups excluding carboxylic acids is 1. The van der Waals surface area contributed by atoms with Crippen molar-refractivity contribution >= 4 is 11.9 Å². The fourth-order valence-corrected chi connectivity index (χ4v) is 2.20. The smallest absolute Gasteiger partial charge is 0.305 e. The van der Waals surface area contributed by atoms with Gasteiger partial charge >= 0.3 is 11.9 Å². The van der Waals surface area contributed by atoms with Crippen molar-refractivity contribution in [3.63, 3.8) is 0 Å². The molecule has 0 aromatic heterocycles. The van der Waals surface area contributed by atoms with Gasteiger partial charge in [-0.3, -0.25) is 9.59 Å². The van der Waals surface area contributed by atoms with Gasteiger partial charge in [0.1, 0.15) is 5.75 Å². The van der Waals surface area contributed by atoms with Crippen LogP contribution in [0.4, 0.5) is 0 Å². The maximum absolute atomic E-state index is 10.9. The molecule has 0 heterocycles. The quantitative estimate of drug-likeness (QED) is 0.725. The van der Waals surface area contributed by atoms with Crippen LogP contribution >= 0.6 is 0 Å². The van der Waals surface area contributed by atoms with Crippen LogP contribution in [0.3, 0.4) is 0 Å². The Morgan fingerprint density at radius 1 is 0.923 bits per heavy atom. The molecule has 0 aliphatic carbocycles. The van der Waals surface area contributed by atoms with Gasteiger partial charge in [0.05, 0.1) is 13.7 Å². The van der Waals surface area contributed by atoms with Crippen molar-refractivity contribution in [2.24, 2.45) is 0 Å². The number of hydrogen-bond donors (Lipinski definition) is 1. The Kier molecular flexibility index (Phi) is 10.2. The standard InChI is InChI=1S/C12H16O3.C9H10O2/c1-3-15-11-6-4-5-10(9-11)7-8-12(13)14-2;10-9(11)7-6-8-4-2-1-3-5-8/h4-6,9H,3,7-8H2,1-2H3;1-5H,6-7H2,(H,10,11). The third kappa shape index (κ3) is 9.47. The van der Waals surface area contributed by atoms with Crippen molar-refractivity contribution in [3.8, 4) is 5.75 Å². The molecule has 0 aliphatic rings. The predicted octanol–water partition coefficient (Wildman–Crippen LogP) is 3.89. The Balaban J connectivity index is 0.000000273. The Morgan fingerprint density at radius 3 is 2.19 bits per heavy atom. The fraction of sp³-hybridized carbons (Fsp3) is 0.333. The maximum atomic E-state index is 10.9. The summed E-state index contributed by atoms with van der Waals surface area (Å²) >= 11 is 0. The summed E-state index contributed by atoms with van der Waals surface area (Å²) in [6, 6.07) is 17.4. The van der Waals surface area contributed by atoms with Gasteiger partial charge in [-0.05, 0) is 43.0 Å². The van der Waals surface area contributed by atoms with Crippen molar-refractivity contribution in [3.05, 3.63) is 65.7 Å². The van der Waals surface area contributed by atoms with E-state index in [-0.39, 0.29) is 12.4 Å². The molecule has 2 aromatic rings. The summed E-state index contributed by atoms with van der Waals surface area (Å²) in [6.07, 6.45) is 1.93. The van der Waals surface area contributed by atoms with Crippen LogP contribution in [0.15, 0.2) is 54.6 Å². The van der Waals surface area contributed by atoms with E-state index in [0.717, 1.165) is 16.9 Å². The van der Waals surface area contributed by atoms with Crippen LogP contribution in [0, 0.1) is 0 Å². The van der Waals surface area contributed by atoms with Crippen molar-refractivity contribution in [2.75, 3.05) is 13.7 Å². The minimum atomic E-state index is -0.742. The molecule has 2 aromatic carbocycles. The lowest BCUT2D eigenvalue weighted by atomic mass is 10.1. The zero-order chi connectivity index (χ0) is 19.2. The van der Waals surface area contributed by atoms with E-state index in [4.69, 9.17) is 9.84 Å². The summed E-state index contributed by atoms with van der Waals surface area (Å²) in [5, 5.41) is 8.37. The lowest BCUT2D eigenvalue weighted by Gasteiger charge is -2.05.